The fraction of sp³-hybridized carbons (Fsp3) is 0.600. The van der Waals surface area contributed by atoms with Gasteiger partial charge in [-0.3, -0.25) is 0 Å². The highest BCUT2D eigenvalue weighted by atomic mass is 35.5. The van der Waals surface area contributed by atoms with E-state index < -0.39 is 0 Å². The largest absolute Gasteiger partial charge is 0.391 e. The molecule has 0 amide bonds. The lowest BCUT2D eigenvalue weighted by Gasteiger charge is -2.33. The van der Waals surface area contributed by atoms with Gasteiger partial charge in [-0.1, -0.05) is 18.5 Å². The van der Waals surface area contributed by atoms with Crippen molar-refractivity contribution >= 4 is 17.3 Å². The zero-order valence-corrected chi connectivity index (χ0v) is 12.3. The number of rotatable bonds is 5. The number of β-amino-alcohol motifs (C(OH)–C–C–N with tert-alkyl or cyclic N) is 1. The standard InChI is InChI=1S/C15H23ClN2O/c1-2-7-17-10-12-9-13(16)5-6-15(12)18-8-3-4-14(19)11-18/h5-6,9,14,17,19H,2-4,7-8,10-11H2,1H3. The maximum atomic E-state index is 9.82. The SMILES string of the molecule is CCCNCc1cc(Cl)ccc1N1CCCC(O)C1. The lowest BCUT2D eigenvalue weighted by molar-refractivity contribution is 0.154. The van der Waals surface area contributed by atoms with E-state index in [0.29, 0.717) is 0 Å². The molecule has 2 N–H and O–H groups in total. The van der Waals surface area contributed by atoms with E-state index in [1.165, 1.54) is 11.3 Å². The predicted octanol–water partition coefficient (Wildman–Crippen LogP) is 2.80. The van der Waals surface area contributed by atoms with Crippen molar-refractivity contribution in [3.05, 3.63) is 28.8 Å². The lowest BCUT2D eigenvalue weighted by Crippen LogP contribution is -2.39. The molecule has 1 atom stereocenters. The molecular weight excluding hydrogens is 260 g/mol. The molecule has 0 aromatic heterocycles. The minimum atomic E-state index is -0.208. The maximum absolute atomic E-state index is 9.82. The number of aliphatic hydroxyl groups excluding tert-OH is 1. The summed E-state index contributed by atoms with van der Waals surface area (Å²) in [4.78, 5) is 2.27. The summed E-state index contributed by atoms with van der Waals surface area (Å²) in [5, 5.41) is 14.0. The van der Waals surface area contributed by atoms with Crippen molar-refractivity contribution in [2.45, 2.75) is 38.8 Å². The normalized spacial score (nSPS) is 19.7. The zero-order chi connectivity index (χ0) is 13.7. The predicted molar refractivity (Wildman–Crippen MR) is 80.9 cm³/mol. The molecule has 4 heteroatoms. The van der Waals surface area contributed by atoms with Gasteiger partial charge in [0, 0.05) is 30.3 Å². The average Bonchev–Trinajstić information content (AvgIpc) is 2.39. The van der Waals surface area contributed by atoms with Gasteiger partial charge in [0.15, 0.2) is 0 Å². The van der Waals surface area contributed by atoms with E-state index in [9.17, 15) is 5.11 Å². The average molecular weight is 283 g/mol. The number of hydrogen-bond donors (Lipinski definition) is 2. The summed E-state index contributed by atoms with van der Waals surface area (Å²) >= 11 is 6.10. The Morgan fingerprint density at radius 2 is 2.32 bits per heavy atom. The molecule has 1 heterocycles. The number of nitrogens with one attached hydrogen (secondary N) is 1. The minimum absolute atomic E-state index is 0.208. The Morgan fingerprint density at radius 1 is 1.47 bits per heavy atom. The number of nitrogens with zero attached hydrogens (tertiary/aromatic N) is 1. The Hall–Kier alpha value is -0.770. The monoisotopic (exact) mass is 282 g/mol. The minimum Gasteiger partial charge on any atom is -0.391 e. The van der Waals surface area contributed by atoms with Crippen LogP contribution in [0.1, 0.15) is 31.7 Å². The smallest absolute Gasteiger partial charge is 0.0715 e. The number of aliphatic hydroxyl groups is 1. The summed E-state index contributed by atoms with van der Waals surface area (Å²) in [5.74, 6) is 0. The second-order valence-electron chi connectivity index (χ2n) is 5.19. The van der Waals surface area contributed by atoms with Gasteiger partial charge in [-0.25, -0.2) is 0 Å². The Labute approximate surface area is 120 Å². The van der Waals surface area contributed by atoms with Crippen LogP contribution in [0.5, 0.6) is 0 Å². The molecule has 106 valence electrons. The second-order valence-corrected chi connectivity index (χ2v) is 5.63. The van der Waals surface area contributed by atoms with Gasteiger partial charge in [-0.15, -0.1) is 0 Å². The van der Waals surface area contributed by atoms with Crippen molar-refractivity contribution in [2.24, 2.45) is 0 Å². The number of anilines is 1. The second kappa shape index (κ2) is 7.13. The molecular formula is C15H23ClN2O. The van der Waals surface area contributed by atoms with Gasteiger partial charge in [0.25, 0.3) is 0 Å². The molecule has 1 aliphatic rings. The number of benzene rings is 1. The van der Waals surface area contributed by atoms with Crippen molar-refractivity contribution in [2.75, 3.05) is 24.5 Å². The Kier molecular flexibility index (Phi) is 5.49. The molecule has 0 bridgehead atoms. The summed E-state index contributed by atoms with van der Waals surface area (Å²) in [6.45, 7) is 5.74. The van der Waals surface area contributed by atoms with Gasteiger partial charge in [-0.05, 0) is 49.6 Å². The summed E-state index contributed by atoms with van der Waals surface area (Å²) in [6.07, 6.45) is 2.87. The molecule has 1 saturated heterocycles. The van der Waals surface area contributed by atoms with Crippen LogP contribution in [-0.4, -0.2) is 30.8 Å². The maximum Gasteiger partial charge on any atom is 0.0715 e. The first-order valence-electron chi connectivity index (χ1n) is 7.13. The van der Waals surface area contributed by atoms with Crippen LogP contribution in [0.2, 0.25) is 5.02 Å². The fourth-order valence-electron chi connectivity index (χ4n) is 2.58. The Bertz CT molecular complexity index is 411. The molecule has 1 fully saturated rings. The quantitative estimate of drug-likeness (QED) is 0.815. The van der Waals surface area contributed by atoms with Crippen LogP contribution >= 0.6 is 11.6 Å². The molecule has 1 aromatic carbocycles. The summed E-state index contributed by atoms with van der Waals surface area (Å²) in [5.41, 5.74) is 2.42. The van der Waals surface area contributed by atoms with Gasteiger partial charge in [0.05, 0.1) is 6.10 Å². The van der Waals surface area contributed by atoms with E-state index in [1.54, 1.807) is 0 Å². The first kappa shape index (κ1) is 14.6. The van der Waals surface area contributed by atoms with Crippen LogP contribution in [0, 0.1) is 0 Å². The van der Waals surface area contributed by atoms with Gasteiger partial charge in [0.2, 0.25) is 0 Å². The van der Waals surface area contributed by atoms with Gasteiger partial charge in [0.1, 0.15) is 0 Å². The van der Waals surface area contributed by atoms with Crippen LogP contribution in [0.15, 0.2) is 18.2 Å². The van der Waals surface area contributed by atoms with Crippen molar-refractivity contribution in [3.8, 4) is 0 Å². The van der Waals surface area contributed by atoms with Crippen LogP contribution in [0.3, 0.4) is 0 Å². The molecule has 0 aliphatic carbocycles. The summed E-state index contributed by atoms with van der Waals surface area (Å²) < 4.78 is 0. The molecule has 1 aromatic rings. The molecule has 0 radical (unpaired) electrons. The van der Waals surface area contributed by atoms with E-state index in [0.717, 1.165) is 50.5 Å². The highest BCUT2D eigenvalue weighted by molar-refractivity contribution is 6.30. The Balaban J connectivity index is 2.13. The van der Waals surface area contributed by atoms with Crippen molar-refractivity contribution in [1.82, 2.24) is 5.32 Å². The van der Waals surface area contributed by atoms with Crippen LogP contribution < -0.4 is 10.2 Å². The molecule has 1 unspecified atom stereocenters. The third kappa shape index (κ3) is 4.10. The van der Waals surface area contributed by atoms with Crippen LogP contribution in [0.4, 0.5) is 5.69 Å². The van der Waals surface area contributed by atoms with E-state index in [1.807, 2.05) is 12.1 Å². The highest BCUT2D eigenvalue weighted by Crippen LogP contribution is 2.27. The van der Waals surface area contributed by atoms with Crippen LogP contribution in [0.25, 0.3) is 0 Å². The fourth-order valence-corrected chi connectivity index (χ4v) is 2.77. The van der Waals surface area contributed by atoms with Crippen molar-refractivity contribution in [3.63, 3.8) is 0 Å². The first-order chi connectivity index (χ1) is 9.20. The molecule has 1 aliphatic heterocycles. The van der Waals surface area contributed by atoms with Gasteiger partial charge in [-0.2, -0.15) is 0 Å². The third-order valence-electron chi connectivity index (χ3n) is 3.52. The van der Waals surface area contributed by atoms with Gasteiger partial charge < -0.3 is 15.3 Å². The van der Waals surface area contributed by atoms with Crippen molar-refractivity contribution in [1.29, 1.82) is 0 Å². The van der Waals surface area contributed by atoms with Crippen molar-refractivity contribution < 1.29 is 5.11 Å². The van der Waals surface area contributed by atoms with Crippen LogP contribution in [-0.2, 0) is 6.54 Å². The van der Waals surface area contributed by atoms with E-state index in [4.69, 9.17) is 11.6 Å². The topological polar surface area (TPSA) is 35.5 Å². The summed E-state index contributed by atoms with van der Waals surface area (Å²) in [6, 6.07) is 6.03. The highest BCUT2D eigenvalue weighted by Gasteiger charge is 2.19. The van der Waals surface area contributed by atoms with E-state index >= 15 is 0 Å². The Morgan fingerprint density at radius 3 is 3.05 bits per heavy atom. The first-order valence-corrected chi connectivity index (χ1v) is 7.50. The zero-order valence-electron chi connectivity index (χ0n) is 11.5. The molecule has 2 rings (SSSR count). The molecule has 0 spiro atoms. The van der Waals surface area contributed by atoms with Gasteiger partial charge >= 0.3 is 0 Å². The number of hydrogen-bond acceptors (Lipinski definition) is 3. The summed E-state index contributed by atoms with van der Waals surface area (Å²) in [7, 11) is 0. The van der Waals surface area contributed by atoms with E-state index in [2.05, 4.69) is 23.2 Å². The lowest BCUT2D eigenvalue weighted by atomic mass is 10.1. The van der Waals surface area contributed by atoms with E-state index in [-0.39, 0.29) is 6.10 Å². The number of piperidine rings is 1. The molecule has 19 heavy (non-hydrogen) atoms. The third-order valence-corrected chi connectivity index (χ3v) is 3.76. The molecule has 0 saturated carbocycles. The number of halogens is 1. The molecule has 3 nitrogen and oxygen atoms in total.